The molecule has 2 aromatic carbocycles. The largest absolute Gasteiger partial charge is 0.493 e. The number of nitrogens with zero attached hydrogens (tertiary/aromatic N) is 2. The molecular weight excluding hydrogens is 404 g/mol. The van der Waals surface area contributed by atoms with Crippen LogP contribution in [0.4, 0.5) is 5.69 Å². The van der Waals surface area contributed by atoms with Crippen LogP contribution in [0.2, 0.25) is 0 Å². The van der Waals surface area contributed by atoms with Gasteiger partial charge in [0.15, 0.2) is 17.5 Å². The molecule has 7 nitrogen and oxygen atoms in total. The maximum Gasteiger partial charge on any atom is 0.253 e. The van der Waals surface area contributed by atoms with E-state index in [1.165, 1.54) is 6.42 Å². The molecule has 172 valence electrons. The van der Waals surface area contributed by atoms with E-state index in [0.29, 0.717) is 30.6 Å². The molecule has 0 bridgehead atoms. The first kappa shape index (κ1) is 23.4. The van der Waals surface area contributed by atoms with E-state index < -0.39 is 0 Å². The summed E-state index contributed by atoms with van der Waals surface area (Å²) in [5, 5.41) is 6.57. The van der Waals surface area contributed by atoms with Crippen LogP contribution in [0.1, 0.15) is 49.0 Å². The van der Waals surface area contributed by atoms with Crippen molar-refractivity contribution in [3.63, 3.8) is 0 Å². The van der Waals surface area contributed by atoms with Gasteiger partial charge in [-0.2, -0.15) is 0 Å². The molecule has 32 heavy (non-hydrogen) atoms. The number of aliphatic imine (C=N–C) groups is 1. The number of benzene rings is 2. The molecule has 1 amide bonds. The summed E-state index contributed by atoms with van der Waals surface area (Å²) in [6.45, 7) is 7.51. The van der Waals surface area contributed by atoms with E-state index in [0.717, 1.165) is 49.3 Å². The summed E-state index contributed by atoms with van der Waals surface area (Å²) in [4.78, 5) is 19.3. The van der Waals surface area contributed by atoms with Gasteiger partial charge in [0.2, 0.25) is 0 Å². The Morgan fingerprint density at radius 2 is 1.78 bits per heavy atom. The van der Waals surface area contributed by atoms with Crippen LogP contribution in [0.5, 0.6) is 11.5 Å². The molecule has 0 spiro atoms. The summed E-state index contributed by atoms with van der Waals surface area (Å²) in [5.41, 5.74) is 2.64. The van der Waals surface area contributed by atoms with Gasteiger partial charge >= 0.3 is 0 Å². The van der Waals surface area contributed by atoms with E-state index in [2.05, 4.69) is 15.6 Å². The smallest absolute Gasteiger partial charge is 0.253 e. The van der Waals surface area contributed by atoms with Crippen LogP contribution in [-0.2, 0) is 6.54 Å². The molecule has 2 aromatic rings. The Morgan fingerprint density at radius 1 is 1.03 bits per heavy atom. The van der Waals surface area contributed by atoms with Gasteiger partial charge < -0.3 is 25.0 Å². The standard InChI is InChI=1S/C25H34N4O3/c1-4-26-25(28-21-13-14-22(32-5-2)23(17-21)31-3)27-18-19-9-11-20(12-10-19)24(30)29-15-7-6-8-16-29/h9-14,17H,4-8,15-16,18H2,1-3H3,(H2,26,27,28). The lowest BCUT2D eigenvalue weighted by Crippen LogP contribution is -2.35. The van der Waals surface area contributed by atoms with Crippen LogP contribution in [0, 0.1) is 0 Å². The molecule has 0 radical (unpaired) electrons. The molecule has 0 aromatic heterocycles. The predicted octanol–water partition coefficient (Wildman–Crippen LogP) is 4.30. The van der Waals surface area contributed by atoms with E-state index in [1.807, 2.05) is 61.2 Å². The Bertz CT molecular complexity index is 906. The molecule has 7 heteroatoms. The number of rotatable bonds is 8. The number of guanidine groups is 1. The highest BCUT2D eigenvalue weighted by Crippen LogP contribution is 2.30. The fourth-order valence-corrected chi connectivity index (χ4v) is 3.67. The van der Waals surface area contributed by atoms with E-state index >= 15 is 0 Å². The summed E-state index contributed by atoms with van der Waals surface area (Å²) in [6, 6.07) is 13.5. The fourth-order valence-electron chi connectivity index (χ4n) is 3.67. The lowest BCUT2D eigenvalue weighted by Gasteiger charge is -2.26. The third-order valence-electron chi connectivity index (χ3n) is 5.33. The molecule has 0 unspecified atom stereocenters. The highest BCUT2D eigenvalue weighted by atomic mass is 16.5. The van der Waals surface area contributed by atoms with Gasteiger partial charge in [-0.25, -0.2) is 4.99 Å². The van der Waals surface area contributed by atoms with Crippen molar-refractivity contribution in [3.05, 3.63) is 53.6 Å². The highest BCUT2D eigenvalue weighted by molar-refractivity contribution is 5.95. The molecule has 0 aliphatic carbocycles. The van der Waals surface area contributed by atoms with Crippen molar-refractivity contribution in [2.24, 2.45) is 4.99 Å². The second-order valence-electron chi connectivity index (χ2n) is 7.67. The molecule has 1 fully saturated rings. The van der Waals surface area contributed by atoms with Crippen molar-refractivity contribution in [1.29, 1.82) is 0 Å². The minimum atomic E-state index is 0.124. The third kappa shape index (κ3) is 6.39. The molecule has 1 aliphatic heterocycles. The molecule has 2 N–H and O–H groups in total. The highest BCUT2D eigenvalue weighted by Gasteiger charge is 2.17. The second-order valence-corrected chi connectivity index (χ2v) is 7.67. The number of carbonyl (C=O) groups is 1. The number of hydrogen-bond donors (Lipinski definition) is 2. The number of ether oxygens (including phenoxy) is 2. The molecule has 1 saturated heterocycles. The number of nitrogens with one attached hydrogen (secondary N) is 2. The zero-order valence-electron chi connectivity index (χ0n) is 19.3. The number of carbonyl (C=O) groups excluding carboxylic acids is 1. The van der Waals surface area contributed by atoms with Crippen LogP contribution >= 0.6 is 0 Å². The lowest BCUT2D eigenvalue weighted by molar-refractivity contribution is 0.0724. The molecule has 3 rings (SSSR count). The van der Waals surface area contributed by atoms with Gasteiger partial charge in [0.05, 0.1) is 20.3 Å². The summed E-state index contributed by atoms with van der Waals surface area (Å²) in [6.07, 6.45) is 3.41. The van der Waals surface area contributed by atoms with E-state index in [9.17, 15) is 4.79 Å². The summed E-state index contributed by atoms with van der Waals surface area (Å²) >= 11 is 0. The fraction of sp³-hybridized carbons (Fsp3) is 0.440. The third-order valence-corrected chi connectivity index (χ3v) is 5.33. The number of hydrogen-bond acceptors (Lipinski definition) is 4. The maximum absolute atomic E-state index is 12.6. The number of likely N-dealkylation sites (tertiary alicyclic amines) is 1. The average Bonchev–Trinajstić information content (AvgIpc) is 2.84. The Morgan fingerprint density at radius 3 is 2.44 bits per heavy atom. The maximum atomic E-state index is 12.6. The monoisotopic (exact) mass is 438 g/mol. The zero-order chi connectivity index (χ0) is 22.8. The number of amides is 1. The minimum Gasteiger partial charge on any atom is -0.493 e. The summed E-state index contributed by atoms with van der Waals surface area (Å²) < 4.78 is 11.0. The lowest BCUT2D eigenvalue weighted by atomic mass is 10.1. The zero-order valence-corrected chi connectivity index (χ0v) is 19.3. The van der Waals surface area contributed by atoms with Gasteiger partial charge in [-0.1, -0.05) is 12.1 Å². The quantitative estimate of drug-likeness (QED) is 0.475. The Hall–Kier alpha value is -3.22. The second kappa shape index (κ2) is 12.0. The van der Waals surface area contributed by atoms with Crippen molar-refractivity contribution < 1.29 is 14.3 Å². The Labute approximate surface area is 190 Å². The molecule has 0 atom stereocenters. The number of piperidine rings is 1. The molecule has 0 saturated carbocycles. The molecule has 1 aliphatic rings. The van der Waals surface area contributed by atoms with Crippen LogP contribution in [-0.4, -0.2) is 50.1 Å². The predicted molar refractivity (Wildman–Crippen MR) is 129 cm³/mol. The first-order valence-electron chi connectivity index (χ1n) is 11.4. The van der Waals surface area contributed by atoms with Gasteiger partial charge in [-0.3, -0.25) is 4.79 Å². The van der Waals surface area contributed by atoms with Crippen LogP contribution in [0.3, 0.4) is 0 Å². The van der Waals surface area contributed by atoms with Crippen molar-refractivity contribution >= 4 is 17.6 Å². The SMILES string of the molecule is CCNC(=NCc1ccc(C(=O)N2CCCCC2)cc1)Nc1ccc(OCC)c(OC)c1. The normalized spacial score (nSPS) is 14.1. The van der Waals surface area contributed by atoms with E-state index in [4.69, 9.17) is 9.47 Å². The first-order valence-corrected chi connectivity index (χ1v) is 11.4. The van der Waals surface area contributed by atoms with Gasteiger partial charge in [-0.05, 0) is 62.9 Å². The Balaban J connectivity index is 1.65. The van der Waals surface area contributed by atoms with Crippen LogP contribution in [0.15, 0.2) is 47.5 Å². The van der Waals surface area contributed by atoms with Gasteiger partial charge in [0, 0.05) is 37.0 Å². The van der Waals surface area contributed by atoms with Crippen LogP contribution in [0.25, 0.3) is 0 Å². The Kier molecular flexibility index (Phi) is 8.78. The minimum absolute atomic E-state index is 0.124. The van der Waals surface area contributed by atoms with Crippen molar-refractivity contribution in [2.45, 2.75) is 39.7 Å². The van der Waals surface area contributed by atoms with E-state index in [-0.39, 0.29) is 5.91 Å². The first-order chi connectivity index (χ1) is 15.6. The summed E-state index contributed by atoms with van der Waals surface area (Å²) in [7, 11) is 1.63. The van der Waals surface area contributed by atoms with Gasteiger partial charge in [0.1, 0.15) is 0 Å². The van der Waals surface area contributed by atoms with Crippen molar-refractivity contribution in [1.82, 2.24) is 10.2 Å². The van der Waals surface area contributed by atoms with E-state index in [1.54, 1.807) is 7.11 Å². The van der Waals surface area contributed by atoms with Gasteiger partial charge in [-0.15, -0.1) is 0 Å². The number of methoxy groups -OCH3 is 1. The van der Waals surface area contributed by atoms with Crippen molar-refractivity contribution in [3.8, 4) is 11.5 Å². The topological polar surface area (TPSA) is 75.2 Å². The molecular formula is C25H34N4O3. The van der Waals surface area contributed by atoms with Crippen LogP contribution < -0.4 is 20.1 Å². The molecule has 1 heterocycles. The number of anilines is 1. The van der Waals surface area contributed by atoms with Crippen molar-refractivity contribution in [2.75, 3.05) is 38.7 Å². The van der Waals surface area contributed by atoms with Gasteiger partial charge in [0.25, 0.3) is 5.91 Å². The summed E-state index contributed by atoms with van der Waals surface area (Å²) in [5.74, 6) is 2.18. The average molecular weight is 439 g/mol.